The van der Waals surface area contributed by atoms with Crippen LogP contribution in [0.1, 0.15) is 278 Å². The highest BCUT2D eigenvalue weighted by Crippen LogP contribution is 2.15. The first-order chi connectivity index (χ1) is 33.0. The summed E-state index contributed by atoms with van der Waals surface area (Å²) in [5.41, 5.74) is 0. The lowest BCUT2D eigenvalue weighted by atomic mass is 10.1. The van der Waals surface area contributed by atoms with E-state index in [4.69, 9.17) is 14.2 Å². The van der Waals surface area contributed by atoms with Gasteiger partial charge in [0.15, 0.2) is 6.10 Å². The van der Waals surface area contributed by atoms with E-state index in [0.29, 0.717) is 19.3 Å². The van der Waals surface area contributed by atoms with Crippen LogP contribution in [0, 0.1) is 0 Å². The number of hydrogen-bond acceptors (Lipinski definition) is 6. The zero-order chi connectivity index (χ0) is 48.6. The molecule has 6 nitrogen and oxygen atoms in total. The normalized spacial score (nSPS) is 12.6. The Balaban J connectivity index is 4.42. The lowest BCUT2D eigenvalue weighted by molar-refractivity contribution is -0.167. The van der Waals surface area contributed by atoms with Crippen molar-refractivity contribution in [1.29, 1.82) is 0 Å². The second-order valence-electron chi connectivity index (χ2n) is 18.8. The number of rotatable bonds is 51. The number of carbonyl (C=O) groups excluding carboxylic acids is 3. The molecule has 1 unspecified atom stereocenters. The Bertz CT molecular complexity index is 1260. The van der Waals surface area contributed by atoms with Crippen LogP contribution >= 0.6 is 0 Å². The molecule has 0 rings (SSSR count). The molecule has 6 heteroatoms. The minimum Gasteiger partial charge on any atom is -0.462 e. The number of ether oxygens (including phenoxy) is 3. The summed E-state index contributed by atoms with van der Waals surface area (Å²) in [5.74, 6) is -0.934. The maximum Gasteiger partial charge on any atom is 0.306 e. The van der Waals surface area contributed by atoms with Crippen LogP contribution in [-0.2, 0) is 28.6 Å². The summed E-state index contributed by atoms with van der Waals surface area (Å²) < 4.78 is 16.8. The van der Waals surface area contributed by atoms with Crippen molar-refractivity contribution >= 4 is 17.9 Å². The molecule has 0 heterocycles. The third-order valence-electron chi connectivity index (χ3n) is 12.2. The molecule has 0 aromatic rings. The van der Waals surface area contributed by atoms with E-state index in [-0.39, 0.29) is 31.1 Å². The van der Waals surface area contributed by atoms with Gasteiger partial charge in [-0.2, -0.15) is 0 Å². The topological polar surface area (TPSA) is 78.9 Å². The Morgan fingerprint density at radius 3 is 1.03 bits per heavy atom. The molecule has 0 saturated heterocycles. The SMILES string of the molecule is CC/C=C\C/C=C\C/C=C\CCCCCCCCCCCC(=O)OCC(COC(=O)CCCCC/C=C\CCCCCCCCC)OC(=O)CCCCC/C=C\C=C/CCCCCCCCC. The van der Waals surface area contributed by atoms with Gasteiger partial charge in [0.25, 0.3) is 0 Å². The van der Waals surface area contributed by atoms with E-state index >= 15 is 0 Å². The van der Waals surface area contributed by atoms with Gasteiger partial charge in [0.1, 0.15) is 13.2 Å². The Morgan fingerprint density at radius 1 is 0.328 bits per heavy atom. The Labute approximate surface area is 414 Å². The van der Waals surface area contributed by atoms with Gasteiger partial charge in [-0.1, -0.05) is 229 Å². The zero-order valence-electron chi connectivity index (χ0n) is 44.2. The summed E-state index contributed by atoms with van der Waals surface area (Å²) in [7, 11) is 0. The van der Waals surface area contributed by atoms with E-state index in [9.17, 15) is 14.4 Å². The van der Waals surface area contributed by atoms with Gasteiger partial charge in [-0.3, -0.25) is 14.4 Å². The quantitative estimate of drug-likeness (QED) is 0.0199. The molecule has 0 aliphatic heterocycles. The molecule has 1 atom stereocenters. The van der Waals surface area contributed by atoms with E-state index in [1.165, 1.54) is 135 Å². The van der Waals surface area contributed by atoms with E-state index in [1.54, 1.807) is 0 Å². The van der Waals surface area contributed by atoms with Gasteiger partial charge >= 0.3 is 17.9 Å². The molecule has 0 saturated carbocycles. The van der Waals surface area contributed by atoms with Crippen LogP contribution in [0.4, 0.5) is 0 Å². The van der Waals surface area contributed by atoms with Gasteiger partial charge in [0.05, 0.1) is 0 Å². The molecule has 0 aliphatic carbocycles. The van der Waals surface area contributed by atoms with E-state index in [2.05, 4.69) is 93.7 Å². The molecular weight excluding hydrogens is 829 g/mol. The number of hydrogen-bond donors (Lipinski definition) is 0. The van der Waals surface area contributed by atoms with Crippen molar-refractivity contribution in [2.24, 2.45) is 0 Å². The van der Waals surface area contributed by atoms with Gasteiger partial charge in [-0.05, 0) is 103 Å². The Hall–Kier alpha value is -3.15. The number of esters is 3. The van der Waals surface area contributed by atoms with Crippen molar-refractivity contribution in [1.82, 2.24) is 0 Å². The van der Waals surface area contributed by atoms with E-state index in [1.807, 2.05) is 0 Å². The lowest BCUT2D eigenvalue weighted by Crippen LogP contribution is -2.30. The van der Waals surface area contributed by atoms with Crippen molar-refractivity contribution in [3.63, 3.8) is 0 Å². The van der Waals surface area contributed by atoms with Gasteiger partial charge < -0.3 is 14.2 Å². The molecule has 0 fully saturated rings. The number of carbonyl (C=O) groups is 3. The van der Waals surface area contributed by atoms with Crippen LogP contribution < -0.4 is 0 Å². The van der Waals surface area contributed by atoms with Crippen molar-refractivity contribution < 1.29 is 28.6 Å². The average Bonchev–Trinajstić information content (AvgIpc) is 3.33. The molecule has 0 amide bonds. The zero-order valence-corrected chi connectivity index (χ0v) is 44.2. The van der Waals surface area contributed by atoms with Crippen molar-refractivity contribution in [2.75, 3.05) is 13.2 Å². The minimum absolute atomic E-state index is 0.0932. The highest BCUT2D eigenvalue weighted by Gasteiger charge is 2.19. The largest absolute Gasteiger partial charge is 0.462 e. The summed E-state index contributed by atoms with van der Waals surface area (Å²) in [5, 5.41) is 0. The molecular formula is C61H106O6. The van der Waals surface area contributed by atoms with Crippen molar-refractivity contribution in [2.45, 2.75) is 284 Å². The lowest BCUT2D eigenvalue weighted by Gasteiger charge is -2.18. The van der Waals surface area contributed by atoms with Crippen molar-refractivity contribution in [3.8, 4) is 0 Å². The van der Waals surface area contributed by atoms with Crippen LogP contribution in [0.5, 0.6) is 0 Å². The first-order valence-electron chi connectivity index (χ1n) is 28.5. The van der Waals surface area contributed by atoms with Gasteiger partial charge in [0.2, 0.25) is 0 Å². The molecule has 0 spiro atoms. The number of allylic oxidation sites excluding steroid dienone is 12. The number of unbranched alkanes of at least 4 members (excludes halogenated alkanes) is 29. The fraction of sp³-hybridized carbons (Fsp3) is 0.754. The van der Waals surface area contributed by atoms with Crippen LogP contribution in [-0.4, -0.2) is 37.2 Å². The molecule has 67 heavy (non-hydrogen) atoms. The van der Waals surface area contributed by atoms with Gasteiger partial charge in [-0.25, -0.2) is 0 Å². The fourth-order valence-corrected chi connectivity index (χ4v) is 7.91. The first-order valence-corrected chi connectivity index (χ1v) is 28.5. The average molecular weight is 936 g/mol. The first kappa shape index (κ1) is 63.8. The molecule has 0 aromatic heterocycles. The van der Waals surface area contributed by atoms with E-state index < -0.39 is 6.10 Å². The smallest absolute Gasteiger partial charge is 0.306 e. The standard InChI is InChI=1S/C61H106O6/c1-4-7-10-13-16-19-22-25-28-30-31-32-34-36-39-42-45-48-51-54-60(63)66-57-58(56-65-59(62)53-50-47-44-41-38-35-27-24-21-18-15-12-9-6-3)67-61(64)55-52-49-46-43-40-37-33-29-26-23-20-17-14-11-8-5-2/h7,10,16,19,25,28-29,33,35,37-38,40,58H,4-6,8-9,11-15,17-18,20-24,26-27,30-32,34,36,39,41-57H2,1-3H3/b10-7-,19-16-,28-25-,33-29-,38-35-,40-37-. The molecule has 0 N–H and O–H groups in total. The maximum atomic E-state index is 12.8. The predicted molar refractivity (Wildman–Crippen MR) is 288 cm³/mol. The second-order valence-corrected chi connectivity index (χ2v) is 18.8. The highest BCUT2D eigenvalue weighted by molar-refractivity contribution is 5.71. The second kappa shape index (κ2) is 55.4. The molecule has 0 aromatic carbocycles. The summed E-state index contributed by atoms with van der Waals surface area (Å²) in [6.07, 6.45) is 70.3. The van der Waals surface area contributed by atoms with Crippen LogP contribution in [0.2, 0.25) is 0 Å². The summed E-state index contributed by atoms with van der Waals surface area (Å²) >= 11 is 0. The minimum atomic E-state index is -0.797. The summed E-state index contributed by atoms with van der Waals surface area (Å²) in [4.78, 5) is 38.1. The molecule has 0 bridgehead atoms. The van der Waals surface area contributed by atoms with Crippen LogP contribution in [0.3, 0.4) is 0 Å². The van der Waals surface area contributed by atoms with E-state index in [0.717, 1.165) is 103 Å². The Morgan fingerprint density at radius 2 is 0.627 bits per heavy atom. The summed E-state index contributed by atoms with van der Waals surface area (Å²) in [6.45, 7) is 6.50. The molecule has 386 valence electrons. The van der Waals surface area contributed by atoms with Crippen LogP contribution in [0.25, 0.3) is 0 Å². The maximum absolute atomic E-state index is 12.8. The Kier molecular flexibility index (Phi) is 52.8. The third-order valence-corrected chi connectivity index (χ3v) is 12.2. The predicted octanol–water partition coefficient (Wildman–Crippen LogP) is 19.0. The molecule has 0 aliphatic rings. The summed E-state index contributed by atoms with van der Waals surface area (Å²) in [6, 6.07) is 0. The van der Waals surface area contributed by atoms with Gasteiger partial charge in [0, 0.05) is 19.3 Å². The highest BCUT2D eigenvalue weighted by atomic mass is 16.6. The monoisotopic (exact) mass is 935 g/mol. The van der Waals surface area contributed by atoms with Gasteiger partial charge in [-0.15, -0.1) is 0 Å². The van der Waals surface area contributed by atoms with Crippen molar-refractivity contribution in [3.05, 3.63) is 72.9 Å². The van der Waals surface area contributed by atoms with Crippen LogP contribution in [0.15, 0.2) is 72.9 Å². The fourth-order valence-electron chi connectivity index (χ4n) is 7.91. The molecule has 0 radical (unpaired) electrons. The third kappa shape index (κ3) is 53.7.